The Morgan fingerprint density at radius 1 is 1.08 bits per heavy atom. The van der Waals surface area contributed by atoms with Crippen molar-refractivity contribution in [2.45, 2.75) is 5.75 Å². The van der Waals surface area contributed by atoms with E-state index < -0.39 is 10.0 Å². The molecule has 2 aromatic carbocycles. The number of carbonyl (C=O) groups excluding carboxylic acids is 1. The molecule has 126 valence electrons. The molecule has 0 aliphatic carbocycles. The van der Waals surface area contributed by atoms with Crippen LogP contribution in [0, 0.1) is 0 Å². The molecule has 0 fully saturated rings. The molecule has 0 aliphatic rings. The Bertz CT molecular complexity index is 858. The van der Waals surface area contributed by atoms with E-state index in [1.165, 1.54) is 12.2 Å². The fourth-order valence-electron chi connectivity index (χ4n) is 1.93. The van der Waals surface area contributed by atoms with Crippen LogP contribution < -0.4 is 10.5 Å². The molecule has 0 saturated carbocycles. The molecule has 3 N–H and O–H groups in total. The van der Waals surface area contributed by atoms with E-state index in [4.69, 9.17) is 28.3 Å². The Labute approximate surface area is 150 Å². The van der Waals surface area contributed by atoms with E-state index in [0.717, 1.165) is 0 Å². The molecule has 0 saturated heterocycles. The molecule has 0 atom stereocenters. The quantitative estimate of drug-likeness (QED) is 0.773. The summed E-state index contributed by atoms with van der Waals surface area (Å²) in [5.74, 6) is -0.628. The average molecular weight is 385 g/mol. The van der Waals surface area contributed by atoms with Crippen LogP contribution in [0.5, 0.6) is 0 Å². The fourth-order valence-corrected chi connectivity index (χ4v) is 3.11. The first kappa shape index (κ1) is 18.5. The molecular formula is C16H14Cl2N2O3S. The molecule has 2 rings (SSSR count). The van der Waals surface area contributed by atoms with Gasteiger partial charge in [-0.1, -0.05) is 41.4 Å². The lowest BCUT2D eigenvalue weighted by molar-refractivity contribution is -0.111. The van der Waals surface area contributed by atoms with Gasteiger partial charge in [-0.3, -0.25) is 4.79 Å². The second-order valence-corrected chi connectivity index (χ2v) is 7.39. The molecule has 1 amide bonds. The van der Waals surface area contributed by atoms with E-state index in [0.29, 0.717) is 26.9 Å². The number of halogens is 2. The molecule has 0 heterocycles. The molecule has 0 aliphatic heterocycles. The molecule has 5 nitrogen and oxygen atoms in total. The van der Waals surface area contributed by atoms with Crippen LogP contribution in [0.4, 0.5) is 5.69 Å². The summed E-state index contributed by atoms with van der Waals surface area (Å²) in [5, 5.41) is 8.51. The first-order valence-corrected chi connectivity index (χ1v) is 9.24. The number of hydrogen-bond acceptors (Lipinski definition) is 3. The highest BCUT2D eigenvalue weighted by molar-refractivity contribution is 7.88. The SMILES string of the molecule is NS(=O)(=O)Cc1ccc(NC(=O)/C=C/c2c(Cl)cccc2Cl)cc1. The molecule has 24 heavy (non-hydrogen) atoms. The van der Waals surface area contributed by atoms with E-state index in [-0.39, 0.29) is 11.7 Å². The lowest BCUT2D eigenvalue weighted by Gasteiger charge is -2.05. The smallest absolute Gasteiger partial charge is 0.248 e. The predicted octanol–water partition coefficient (Wildman–Crippen LogP) is 3.43. The third kappa shape index (κ3) is 5.65. The van der Waals surface area contributed by atoms with E-state index in [1.807, 2.05) is 0 Å². The Morgan fingerprint density at radius 2 is 1.67 bits per heavy atom. The number of anilines is 1. The minimum absolute atomic E-state index is 0.258. The number of nitrogens with two attached hydrogens (primary N) is 1. The zero-order valence-electron chi connectivity index (χ0n) is 12.4. The summed E-state index contributed by atoms with van der Waals surface area (Å²) in [6.07, 6.45) is 2.83. The zero-order chi connectivity index (χ0) is 17.7. The van der Waals surface area contributed by atoms with E-state index in [2.05, 4.69) is 5.32 Å². The Balaban J connectivity index is 2.03. The second-order valence-electron chi connectivity index (χ2n) is 4.96. The van der Waals surface area contributed by atoms with Crippen molar-refractivity contribution in [1.29, 1.82) is 0 Å². The Morgan fingerprint density at radius 3 is 2.21 bits per heavy atom. The highest BCUT2D eigenvalue weighted by Gasteiger charge is 2.06. The molecule has 0 spiro atoms. The predicted molar refractivity (Wildman–Crippen MR) is 97.4 cm³/mol. The third-order valence-electron chi connectivity index (χ3n) is 2.99. The van der Waals surface area contributed by atoms with Crippen LogP contribution in [0.3, 0.4) is 0 Å². The molecule has 0 radical (unpaired) electrons. The first-order valence-electron chi connectivity index (χ1n) is 6.77. The normalized spacial score (nSPS) is 11.6. The Kier molecular flexibility index (Phi) is 6.01. The highest BCUT2D eigenvalue weighted by atomic mass is 35.5. The van der Waals surface area contributed by atoms with Gasteiger partial charge in [-0.05, 0) is 35.9 Å². The number of hydrogen-bond donors (Lipinski definition) is 2. The summed E-state index contributed by atoms with van der Waals surface area (Å²) in [7, 11) is -3.58. The number of carbonyl (C=O) groups is 1. The van der Waals surface area contributed by atoms with Gasteiger partial charge in [0.25, 0.3) is 0 Å². The van der Waals surface area contributed by atoms with E-state index in [1.54, 1.807) is 42.5 Å². The first-order chi connectivity index (χ1) is 11.2. The molecular weight excluding hydrogens is 371 g/mol. The largest absolute Gasteiger partial charge is 0.323 e. The molecule has 2 aromatic rings. The van der Waals surface area contributed by atoms with Crippen molar-refractivity contribution in [3.8, 4) is 0 Å². The van der Waals surface area contributed by atoms with Crippen LogP contribution in [0.25, 0.3) is 6.08 Å². The molecule has 8 heteroatoms. The summed E-state index contributed by atoms with van der Waals surface area (Å²) >= 11 is 12.0. The highest BCUT2D eigenvalue weighted by Crippen LogP contribution is 2.25. The van der Waals surface area contributed by atoms with Crippen LogP contribution in [0.1, 0.15) is 11.1 Å². The van der Waals surface area contributed by atoms with Crippen molar-refractivity contribution in [3.05, 3.63) is 69.7 Å². The van der Waals surface area contributed by atoms with Gasteiger partial charge in [0.1, 0.15) is 0 Å². The van der Waals surface area contributed by atoms with Gasteiger partial charge in [0.05, 0.1) is 5.75 Å². The number of nitrogens with one attached hydrogen (secondary N) is 1. The van der Waals surface area contributed by atoms with Crippen molar-refractivity contribution < 1.29 is 13.2 Å². The number of primary sulfonamides is 1. The summed E-state index contributed by atoms with van der Waals surface area (Å²) in [4.78, 5) is 11.9. The van der Waals surface area contributed by atoms with Crippen LogP contribution in [-0.2, 0) is 20.6 Å². The van der Waals surface area contributed by atoms with Crippen LogP contribution in [0.2, 0.25) is 10.0 Å². The topological polar surface area (TPSA) is 89.3 Å². The van der Waals surface area contributed by atoms with Gasteiger partial charge in [0.2, 0.25) is 15.9 Å². The van der Waals surface area contributed by atoms with Crippen molar-refractivity contribution in [3.63, 3.8) is 0 Å². The maximum atomic E-state index is 11.9. The monoisotopic (exact) mass is 384 g/mol. The number of rotatable bonds is 5. The van der Waals surface area contributed by atoms with Gasteiger partial charge in [0, 0.05) is 27.4 Å². The maximum Gasteiger partial charge on any atom is 0.248 e. The second kappa shape index (κ2) is 7.81. The summed E-state index contributed by atoms with van der Waals surface area (Å²) in [5.41, 5.74) is 1.61. The summed E-state index contributed by atoms with van der Waals surface area (Å²) in [6, 6.07) is 11.4. The minimum atomic E-state index is -3.58. The summed E-state index contributed by atoms with van der Waals surface area (Å²) < 4.78 is 22.0. The average Bonchev–Trinajstić information content (AvgIpc) is 2.47. The minimum Gasteiger partial charge on any atom is -0.323 e. The van der Waals surface area contributed by atoms with Gasteiger partial charge >= 0.3 is 0 Å². The van der Waals surface area contributed by atoms with Gasteiger partial charge < -0.3 is 5.32 Å². The number of benzene rings is 2. The number of amides is 1. The number of sulfonamides is 1. The van der Waals surface area contributed by atoms with Gasteiger partial charge in [0.15, 0.2) is 0 Å². The third-order valence-corrected chi connectivity index (χ3v) is 4.39. The van der Waals surface area contributed by atoms with Crippen LogP contribution in [-0.4, -0.2) is 14.3 Å². The van der Waals surface area contributed by atoms with Gasteiger partial charge in [-0.15, -0.1) is 0 Å². The van der Waals surface area contributed by atoms with E-state index >= 15 is 0 Å². The van der Waals surface area contributed by atoms with Crippen molar-refractivity contribution in [1.82, 2.24) is 0 Å². The fraction of sp³-hybridized carbons (Fsp3) is 0.0625. The lowest BCUT2D eigenvalue weighted by Crippen LogP contribution is -2.14. The Hall–Kier alpha value is -1.86. The zero-order valence-corrected chi connectivity index (χ0v) is 14.7. The maximum absolute atomic E-state index is 11.9. The van der Waals surface area contributed by atoms with Crippen LogP contribution >= 0.6 is 23.2 Å². The van der Waals surface area contributed by atoms with E-state index in [9.17, 15) is 13.2 Å². The van der Waals surface area contributed by atoms with Gasteiger partial charge in [-0.25, -0.2) is 13.6 Å². The molecule has 0 bridgehead atoms. The molecule has 0 aromatic heterocycles. The van der Waals surface area contributed by atoms with Crippen molar-refractivity contribution >= 4 is 50.9 Å². The van der Waals surface area contributed by atoms with Crippen molar-refractivity contribution in [2.24, 2.45) is 5.14 Å². The summed E-state index contributed by atoms with van der Waals surface area (Å²) in [6.45, 7) is 0. The standard InChI is InChI=1S/C16H14Cl2N2O3S/c17-14-2-1-3-15(18)13(14)8-9-16(21)20-12-6-4-11(5-7-12)10-24(19,22)23/h1-9H,10H2,(H,20,21)(H2,19,22,23)/b9-8+. The molecule has 0 unspecified atom stereocenters. The van der Waals surface area contributed by atoms with Gasteiger partial charge in [-0.2, -0.15) is 0 Å². The van der Waals surface area contributed by atoms with Crippen LogP contribution in [0.15, 0.2) is 48.5 Å². The van der Waals surface area contributed by atoms with Crippen molar-refractivity contribution in [2.75, 3.05) is 5.32 Å². The lowest BCUT2D eigenvalue weighted by atomic mass is 10.2.